The zero-order valence-electron chi connectivity index (χ0n) is 16.3. The number of imidazole rings is 1. The van der Waals surface area contributed by atoms with Gasteiger partial charge in [-0.25, -0.2) is 9.37 Å². The second-order valence-electron chi connectivity index (χ2n) is 6.95. The van der Waals surface area contributed by atoms with E-state index in [1.165, 1.54) is 12.3 Å². The van der Waals surface area contributed by atoms with Gasteiger partial charge in [0.15, 0.2) is 0 Å². The first-order valence-electron chi connectivity index (χ1n) is 9.74. The summed E-state index contributed by atoms with van der Waals surface area (Å²) in [5.74, 6) is -0.595. The summed E-state index contributed by atoms with van der Waals surface area (Å²) in [5, 5.41) is 0. The Morgan fingerprint density at radius 2 is 1.69 bits per heavy atom. The number of hydrogen-bond donors (Lipinski definition) is 0. The number of carbonyl (C=O) groups is 1. The number of aryl methyl sites for hydroxylation is 1. The molecule has 0 spiro atoms. The fourth-order valence-electron chi connectivity index (χ4n) is 3.49. The number of halogens is 1. The molecule has 0 radical (unpaired) electrons. The van der Waals surface area contributed by atoms with Crippen LogP contribution >= 0.6 is 0 Å². The average Bonchev–Trinajstić information content (AvgIpc) is 3.10. The van der Waals surface area contributed by atoms with Crippen LogP contribution in [-0.2, 0) is 13.0 Å². The molecule has 5 heteroatoms. The largest absolute Gasteiger partial charge is 0.303 e. The molecule has 4 aromatic rings. The average molecular weight is 387 g/mol. The van der Waals surface area contributed by atoms with Gasteiger partial charge in [-0.15, -0.1) is 0 Å². The zero-order chi connectivity index (χ0) is 20.2. The SMILES string of the molecule is CCCc1nc2ccc(F)cn2c1C(=O)N(Cc1ccccc1)c1ccccc1. The summed E-state index contributed by atoms with van der Waals surface area (Å²) in [6.07, 6.45) is 2.83. The molecule has 0 saturated carbocycles. The number of para-hydroxylation sites is 1. The number of amides is 1. The Morgan fingerprint density at radius 3 is 2.38 bits per heavy atom. The van der Waals surface area contributed by atoms with Gasteiger partial charge in [-0.1, -0.05) is 61.9 Å². The number of hydrogen-bond acceptors (Lipinski definition) is 2. The summed E-state index contributed by atoms with van der Waals surface area (Å²) in [7, 11) is 0. The van der Waals surface area contributed by atoms with Gasteiger partial charge in [0.1, 0.15) is 17.2 Å². The van der Waals surface area contributed by atoms with Crippen LogP contribution in [0.25, 0.3) is 5.65 Å². The minimum atomic E-state index is -0.402. The second-order valence-corrected chi connectivity index (χ2v) is 6.95. The molecule has 2 aromatic heterocycles. The van der Waals surface area contributed by atoms with Crippen LogP contribution < -0.4 is 4.90 Å². The van der Waals surface area contributed by atoms with E-state index in [4.69, 9.17) is 0 Å². The molecule has 1 amide bonds. The van der Waals surface area contributed by atoms with Gasteiger partial charge in [-0.2, -0.15) is 0 Å². The molecule has 146 valence electrons. The van der Waals surface area contributed by atoms with E-state index in [1.54, 1.807) is 15.4 Å². The Bertz CT molecular complexity index is 1120. The second kappa shape index (κ2) is 8.27. The smallest absolute Gasteiger partial charge is 0.277 e. The molecule has 0 bridgehead atoms. The van der Waals surface area contributed by atoms with E-state index in [0.717, 1.165) is 17.7 Å². The van der Waals surface area contributed by atoms with E-state index < -0.39 is 5.82 Å². The van der Waals surface area contributed by atoms with Crippen molar-refractivity contribution < 1.29 is 9.18 Å². The van der Waals surface area contributed by atoms with Crippen LogP contribution in [0.4, 0.5) is 10.1 Å². The first-order valence-corrected chi connectivity index (χ1v) is 9.74. The van der Waals surface area contributed by atoms with Crippen LogP contribution in [0, 0.1) is 5.82 Å². The minimum Gasteiger partial charge on any atom is -0.303 e. The number of nitrogens with zero attached hydrogens (tertiary/aromatic N) is 3. The van der Waals surface area contributed by atoms with Gasteiger partial charge in [0.2, 0.25) is 0 Å². The third-order valence-corrected chi connectivity index (χ3v) is 4.84. The van der Waals surface area contributed by atoms with Gasteiger partial charge in [-0.3, -0.25) is 9.20 Å². The van der Waals surface area contributed by atoms with E-state index in [-0.39, 0.29) is 5.91 Å². The topological polar surface area (TPSA) is 37.6 Å². The highest BCUT2D eigenvalue weighted by atomic mass is 19.1. The van der Waals surface area contributed by atoms with Crippen LogP contribution in [0.1, 0.15) is 35.1 Å². The molecule has 0 unspecified atom stereocenters. The van der Waals surface area contributed by atoms with Crippen molar-refractivity contribution in [2.45, 2.75) is 26.3 Å². The summed E-state index contributed by atoms with van der Waals surface area (Å²) >= 11 is 0. The Balaban J connectivity index is 1.84. The van der Waals surface area contributed by atoms with Crippen LogP contribution in [0.2, 0.25) is 0 Å². The van der Waals surface area contributed by atoms with Crippen molar-refractivity contribution in [2.24, 2.45) is 0 Å². The molecule has 0 fully saturated rings. The van der Waals surface area contributed by atoms with E-state index in [2.05, 4.69) is 4.98 Å². The Labute approximate surface area is 169 Å². The molecule has 2 aromatic carbocycles. The van der Waals surface area contributed by atoms with Crippen molar-refractivity contribution >= 4 is 17.2 Å². The lowest BCUT2D eigenvalue weighted by Gasteiger charge is -2.23. The maximum atomic E-state index is 14.0. The number of aromatic nitrogens is 2. The van der Waals surface area contributed by atoms with E-state index >= 15 is 0 Å². The Kier molecular flexibility index (Phi) is 5.38. The summed E-state index contributed by atoms with van der Waals surface area (Å²) in [5.41, 5.74) is 3.49. The summed E-state index contributed by atoms with van der Waals surface area (Å²) in [6, 6.07) is 22.3. The molecule has 29 heavy (non-hydrogen) atoms. The molecule has 0 aliphatic heterocycles. The van der Waals surface area contributed by atoms with Crippen molar-refractivity contribution in [1.82, 2.24) is 9.38 Å². The molecule has 0 saturated heterocycles. The fourth-order valence-corrected chi connectivity index (χ4v) is 3.49. The highest BCUT2D eigenvalue weighted by Crippen LogP contribution is 2.23. The van der Waals surface area contributed by atoms with Gasteiger partial charge in [0.05, 0.1) is 12.2 Å². The first-order chi connectivity index (χ1) is 14.2. The number of fused-ring (bicyclic) bond motifs is 1. The van der Waals surface area contributed by atoms with Gasteiger partial charge >= 0.3 is 0 Å². The lowest BCUT2D eigenvalue weighted by Crippen LogP contribution is -2.32. The van der Waals surface area contributed by atoms with E-state index in [1.807, 2.05) is 67.6 Å². The van der Waals surface area contributed by atoms with Crippen LogP contribution in [0.5, 0.6) is 0 Å². The maximum Gasteiger partial charge on any atom is 0.277 e. The lowest BCUT2D eigenvalue weighted by molar-refractivity contribution is 0.0978. The van der Waals surface area contributed by atoms with Gasteiger partial charge in [0.25, 0.3) is 5.91 Å². The van der Waals surface area contributed by atoms with Crippen molar-refractivity contribution in [1.29, 1.82) is 0 Å². The maximum absolute atomic E-state index is 14.0. The van der Waals surface area contributed by atoms with Crippen LogP contribution in [0.15, 0.2) is 79.0 Å². The molecule has 0 aliphatic rings. The third kappa shape index (κ3) is 3.90. The summed E-state index contributed by atoms with van der Waals surface area (Å²) < 4.78 is 15.5. The number of rotatable bonds is 6. The Morgan fingerprint density at radius 1 is 1.00 bits per heavy atom. The highest BCUT2D eigenvalue weighted by Gasteiger charge is 2.25. The van der Waals surface area contributed by atoms with Crippen molar-refractivity contribution in [3.63, 3.8) is 0 Å². The van der Waals surface area contributed by atoms with Crippen LogP contribution in [0.3, 0.4) is 0 Å². The minimum absolute atomic E-state index is 0.193. The fraction of sp³-hybridized carbons (Fsp3) is 0.167. The quantitative estimate of drug-likeness (QED) is 0.452. The number of carbonyl (C=O) groups excluding carboxylic acids is 1. The highest BCUT2D eigenvalue weighted by molar-refractivity contribution is 6.06. The van der Waals surface area contributed by atoms with E-state index in [0.29, 0.717) is 30.0 Å². The predicted octanol–water partition coefficient (Wildman–Crippen LogP) is 5.27. The van der Waals surface area contributed by atoms with Crippen molar-refractivity contribution in [3.05, 3.63) is 102 Å². The summed E-state index contributed by atoms with van der Waals surface area (Å²) in [4.78, 5) is 20.1. The number of benzene rings is 2. The van der Waals surface area contributed by atoms with Crippen molar-refractivity contribution in [2.75, 3.05) is 4.90 Å². The Hall–Kier alpha value is -3.47. The lowest BCUT2D eigenvalue weighted by atomic mass is 10.1. The molecular formula is C24H22FN3O. The summed E-state index contributed by atoms with van der Waals surface area (Å²) in [6.45, 7) is 2.45. The van der Waals surface area contributed by atoms with Gasteiger partial charge in [-0.05, 0) is 36.2 Å². The predicted molar refractivity (Wildman–Crippen MR) is 113 cm³/mol. The molecule has 0 N–H and O–H groups in total. The number of anilines is 1. The van der Waals surface area contributed by atoms with Crippen molar-refractivity contribution in [3.8, 4) is 0 Å². The monoisotopic (exact) mass is 387 g/mol. The van der Waals surface area contributed by atoms with E-state index in [9.17, 15) is 9.18 Å². The van der Waals surface area contributed by atoms with Gasteiger partial charge < -0.3 is 4.90 Å². The standard InChI is InChI=1S/C24H22FN3O/c1-2-9-21-23(28-17-19(25)14-15-22(28)26-21)24(29)27(20-12-7-4-8-13-20)16-18-10-5-3-6-11-18/h3-8,10-15,17H,2,9,16H2,1H3. The van der Waals surface area contributed by atoms with Crippen LogP contribution in [-0.4, -0.2) is 15.3 Å². The number of pyridine rings is 1. The molecule has 0 atom stereocenters. The molecule has 4 rings (SSSR count). The molecular weight excluding hydrogens is 365 g/mol. The normalized spacial score (nSPS) is 11.0. The zero-order valence-corrected chi connectivity index (χ0v) is 16.3. The first kappa shape index (κ1) is 18.9. The van der Waals surface area contributed by atoms with Gasteiger partial charge in [0, 0.05) is 11.9 Å². The third-order valence-electron chi connectivity index (χ3n) is 4.84. The molecule has 4 nitrogen and oxygen atoms in total. The molecule has 2 heterocycles. The molecule has 0 aliphatic carbocycles.